The van der Waals surface area contributed by atoms with Crippen LogP contribution in [-0.4, -0.2) is 17.6 Å². The lowest BCUT2D eigenvalue weighted by Gasteiger charge is -2.17. The van der Waals surface area contributed by atoms with Crippen molar-refractivity contribution in [2.45, 2.75) is 18.9 Å². The molecule has 4 heteroatoms. The second-order valence-electron chi connectivity index (χ2n) is 7.44. The number of anilines is 1. The van der Waals surface area contributed by atoms with Crippen molar-refractivity contribution in [2.75, 3.05) is 12.4 Å². The summed E-state index contributed by atoms with van der Waals surface area (Å²) in [5.41, 5.74) is 5.46. The number of rotatable bonds is 4. The van der Waals surface area contributed by atoms with Crippen LogP contribution in [0.15, 0.2) is 79.0 Å². The minimum Gasteiger partial charge on any atom is -0.496 e. The average Bonchev–Trinajstić information content (AvgIpc) is 3.04. The van der Waals surface area contributed by atoms with Crippen molar-refractivity contribution in [1.82, 2.24) is 4.57 Å². The number of nitrogens with one attached hydrogen (secondary N) is 1. The number of para-hydroxylation sites is 1. The Morgan fingerprint density at radius 1 is 0.966 bits per heavy atom. The number of ether oxygens (including phenoxy) is 1. The number of amides is 1. The molecule has 2 heterocycles. The molecule has 1 aromatic heterocycles. The van der Waals surface area contributed by atoms with Crippen LogP contribution in [-0.2, 0) is 11.3 Å². The number of carbonyl (C=O) groups excluding carboxylic acids is 1. The quantitative estimate of drug-likeness (QED) is 0.529. The number of nitrogens with zero attached hydrogens (tertiary/aromatic N) is 1. The number of hydrogen-bond acceptors (Lipinski definition) is 2. The minimum absolute atomic E-state index is 0.0271. The zero-order chi connectivity index (χ0) is 19.8. The molecule has 4 nitrogen and oxygen atoms in total. The van der Waals surface area contributed by atoms with Crippen molar-refractivity contribution >= 4 is 22.5 Å². The highest BCUT2D eigenvalue weighted by Crippen LogP contribution is 2.43. The van der Waals surface area contributed by atoms with E-state index in [0.29, 0.717) is 6.42 Å². The lowest BCUT2D eigenvalue weighted by Crippen LogP contribution is -2.14. The molecule has 0 aliphatic carbocycles. The van der Waals surface area contributed by atoms with Crippen LogP contribution in [0.5, 0.6) is 5.75 Å². The second-order valence-corrected chi connectivity index (χ2v) is 7.44. The van der Waals surface area contributed by atoms with E-state index in [1.807, 2.05) is 36.4 Å². The smallest absolute Gasteiger partial charge is 0.225 e. The SMILES string of the molecule is COc1ccccc1[C@H]1CC(=O)Nc2cccc3c2c1cn3Cc1ccccc1. The van der Waals surface area contributed by atoms with Gasteiger partial charge in [0.1, 0.15) is 5.75 Å². The predicted molar refractivity (Wildman–Crippen MR) is 116 cm³/mol. The summed E-state index contributed by atoms with van der Waals surface area (Å²) in [6, 6.07) is 24.5. The van der Waals surface area contributed by atoms with Crippen LogP contribution >= 0.6 is 0 Å². The molecule has 1 aliphatic heterocycles. The molecule has 1 aliphatic rings. The summed E-state index contributed by atoms with van der Waals surface area (Å²) in [6.07, 6.45) is 2.60. The van der Waals surface area contributed by atoms with Crippen molar-refractivity contribution in [2.24, 2.45) is 0 Å². The van der Waals surface area contributed by atoms with Crippen molar-refractivity contribution in [3.63, 3.8) is 0 Å². The van der Waals surface area contributed by atoms with Crippen LogP contribution in [0.25, 0.3) is 10.9 Å². The fourth-order valence-electron chi connectivity index (χ4n) is 4.39. The topological polar surface area (TPSA) is 43.3 Å². The summed E-state index contributed by atoms with van der Waals surface area (Å²) < 4.78 is 7.90. The number of carbonyl (C=O) groups is 1. The molecule has 0 fully saturated rings. The normalized spacial score (nSPS) is 15.8. The first-order valence-electron chi connectivity index (χ1n) is 9.83. The lowest BCUT2D eigenvalue weighted by molar-refractivity contribution is -0.116. The predicted octanol–water partition coefficient (Wildman–Crippen LogP) is 5.17. The van der Waals surface area contributed by atoms with E-state index in [1.165, 1.54) is 5.56 Å². The van der Waals surface area contributed by atoms with Gasteiger partial charge in [-0.1, -0.05) is 54.6 Å². The van der Waals surface area contributed by atoms with Gasteiger partial charge in [-0.2, -0.15) is 0 Å². The fraction of sp³-hybridized carbons (Fsp3) is 0.160. The van der Waals surface area contributed by atoms with Gasteiger partial charge in [-0.15, -0.1) is 0 Å². The molecule has 3 aromatic carbocycles. The zero-order valence-corrected chi connectivity index (χ0v) is 16.3. The van der Waals surface area contributed by atoms with Gasteiger partial charge in [-0.25, -0.2) is 0 Å². The van der Waals surface area contributed by atoms with Crippen LogP contribution in [0, 0.1) is 0 Å². The van der Waals surface area contributed by atoms with Gasteiger partial charge in [0.25, 0.3) is 0 Å². The van der Waals surface area contributed by atoms with E-state index in [0.717, 1.165) is 40.0 Å². The van der Waals surface area contributed by atoms with Gasteiger partial charge in [-0.3, -0.25) is 4.79 Å². The molecule has 1 atom stereocenters. The lowest BCUT2D eigenvalue weighted by atomic mass is 9.88. The average molecular weight is 382 g/mol. The van der Waals surface area contributed by atoms with Gasteiger partial charge in [0.15, 0.2) is 0 Å². The molecule has 1 N–H and O–H groups in total. The summed E-state index contributed by atoms with van der Waals surface area (Å²) in [6.45, 7) is 0.785. The summed E-state index contributed by atoms with van der Waals surface area (Å²) >= 11 is 0. The Balaban J connectivity index is 1.72. The van der Waals surface area contributed by atoms with E-state index >= 15 is 0 Å². The van der Waals surface area contributed by atoms with Gasteiger partial charge in [-0.05, 0) is 29.3 Å². The highest BCUT2D eigenvalue weighted by atomic mass is 16.5. The van der Waals surface area contributed by atoms with E-state index in [4.69, 9.17) is 4.74 Å². The van der Waals surface area contributed by atoms with Crippen molar-refractivity contribution in [3.8, 4) is 5.75 Å². The number of benzene rings is 3. The Bertz CT molecular complexity index is 1190. The Kier molecular flexibility index (Phi) is 4.32. The molecule has 0 unspecified atom stereocenters. The first-order valence-corrected chi connectivity index (χ1v) is 9.83. The Hall–Kier alpha value is -3.53. The van der Waals surface area contributed by atoms with Gasteiger partial charge >= 0.3 is 0 Å². The van der Waals surface area contributed by atoms with E-state index in [-0.39, 0.29) is 11.8 Å². The van der Waals surface area contributed by atoms with Crippen LogP contribution < -0.4 is 10.1 Å². The maximum absolute atomic E-state index is 12.7. The van der Waals surface area contributed by atoms with Crippen molar-refractivity contribution in [3.05, 3.63) is 95.7 Å². The highest BCUT2D eigenvalue weighted by Gasteiger charge is 2.29. The number of aromatic nitrogens is 1. The molecule has 0 saturated heterocycles. The van der Waals surface area contributed by atoms with Crippen LogP contribution in [0.2, 0.25) is 0 Å². The molecular weight excluding hydrogens is 360 g/mol. The molecule has 0 spiro atoms. The third-order valence-corrected chi connectivity index (χ3v) is 5.68. The standard InChI is InChI=1S/C25H22N2O2/c1-29-23-13-6-5-10-18(23)19-14-24(28)26-21-11-7-12-22-25(21)20(19)16-27(22)15-17-8-3-2-4-9-17/h2-13,16,19H,14-15H2,1H3,(H,26,28)/t19-/m1/s1. The monoisotopic (exact) mass is 382 g/mol. The Labute approximate surface area is 169 Å². The number of methoxy groups -OCH3 is 1. The molecule has 1 amide bonds. The van der Waals surface area contributed by atoms with Gasteiger partial charge in [0, 0.05) is 36.0 Å². The Morgan fingerprint density at radius 2 is 1.76 bits per heavy atom. The van der Waals surface area contributed by atoms with E-state index in [1.54, 1.807) is 7.11 Å². The summed E-state index contributed by atoms with van der Waals surface area (Å²) in [5.74, 6) is 0.780. The highest BCUT2D eigenvalue weighted by molar-refractivity contribution is 6.06. The first kappa shape index (κ1) is 17.6. The maximum atomic E-state index is 12.7. The molecule has 0 bridgehead atoms. The van der Waals surface area contributed by atoms with Crippen molar-refractivity contribution in [1.29, 1.82) is 0 Å². The van der Waals surface area contributed by atoms with Gasteiger partial charge in [0.05, 0.1) is 18.3 Å². The largest absolute Gasteiger partial charge is 0.496 e. The van der Waals surface area contributed by atoms with Crippen LogP contribution in [0.3, 0.4) is 0 Å². The molecular formula is C25H22N2O2. The summed E-state index contributed by atoms with van der Waals surface area (Å²) in [5, 5.41) is 4.22. The van der Waals surface area contributed by atoms with E-state index in [9.17, 15) is 4.79 Å². The molecule has 0 radical (unpaired) electrons. The minimum atomic E-state index is -0.0608. The molecule has 29 heavy (non-hydrogen) atoms. The van der Waals surface area contributed by atoms with E-state index < -0.39 is 0 Å². The maximum Gasteiger partial charge on any atom is 0.225 e. The van der Waals surface area contributed by atoms with Crippen molar-refractivity contribution < 1.29 is 9.53 Å². The molecule has 4 aromatic rings. The molecule has 5 rings (SSSR count). The van der Waals surface area contributed by atoms with E-state index in [2.05, 4.69) is 52.5 Å². The summed E-state index contributed by atoms with van der Waals surface area (Å²) in [4.78, 5) is 12.7. The zero-order valence-electron chi connectivity index (χ0n) is 16.3. The summed E-state index contributed by atoms with van der Waals surface area (Å²) in [7, 11) is 1.68. The first-order chi connectivity index (χ1) is 14.2. The molecule has 0 saturated carbocycles. The fourth-order valence-corrected chi connectivity index (χ4v) is 4.39. The second kappa shape index (κ2) is 7.13. The third-order valence-electron chi connectivity index (χ3n) is 5.68. The van der Waals surface area contributed by atoms with Crippen LogP contribution in [0.1, 0.15) is 29.0 Å². The number of hydrogen-bond donors (Lipinski definition) is 1. The third kappa shape index (κ3) is 3.07. The van der Waals surface area contributed by atoms with Gasteiger partial charge < -0.3 is 14.6 Å². The Morgan fingerprint density at radius 3 is 2.59 bits per heavy atom. The van der Waals surface area contributed by atoms with Crippen LogP contribution in [0.4, 0.5) is 5.69 Å². The molecule has 144 valence electrons. The van der Waals surface area contributed by atoms with Gasteiger partial charge in [0.2, 0.25) is 5.91 Å².